The Labute approximate surface area is 114 Å². The van der Waals surface area contributed by atoms with Gasteiger partial charge in [-0.05, 0) is 44.5 Å². The van der Waals surface area contributed by atoms with E-state index in [0.29, 0.717) is 11.1 Å². The number of rotatable bonds is 5. The standard InChI is InChI=1S/C13H18N2O3S/c1-10(2)15(6-7-16)19(17,18)13-5-4-12(9-14)11(3)8-13/h4-5,8,10,16H,6-7H2,1-3H3. The van der Waals surface area contributed by atoms with E-state index in [1.165, 1.54) is 22.5 Å². The zero-order chi connectivity index (χ0) is 14.6. The molecule has 6 heteroatoms. The number of benzene rings is 1. The molecule has 0 aliphatic carbocycles. The second-order valence-corrected chi connectivity index (χ2v) is 6.41. The van der Waals surface area contributed by atoms with Crippen LogP contribution in [0.2, 0.25) is 0 Å². The summed E-state index contributed by atoms with van der Waals surface area (Å²) in [6, 6.07) is 6.17. The Balaban J connectivity index is 3.26. The highest BCUT2D eigenvalue weighted by atomic mass is 32.2. The van der Waals surface area contributed by atoms with E-state index in [1.54, 1.807) is 20.8 Å². The molecule has 1 aromatic carbocycles. The third-order valence-electron chi connectivity index (χ3n) is 2.82. The van der Waals surface area contributed by atoms with Crippen LogP contribution in [0.5, 0.6) is 0 Å². The normalized spacial score (nSPS) is 11.8. The van der Waals surface area contributed by atoms with E-state index in [9.17, 15) is 8.42 Å². The largest absolute Gasteiger partial charge is 0.395 e. The van der Waals surface area contributed by atoms with Gasteiger partial charge < -0.3 is 5.11 Å². The molecule has 0 atom stereocenters. The highest BCUT2D eigenvalue weighted by molar-refractivity contribution is 7.89. The minimum Gasteiger partial charge on any atom is -0.395 e. The number of aliphatic hydroxyl groups is 1. The summed E-state index contributed by atoms with van der Waals surface area (Å²) in [5.41, 5.74) is 1.08. The van der Waals surface area contributed by atoms with Gasteiger partial charge in [-0.25, -0.2) is 8.42 Å². The molecule has 0 bridgehead atoms. The molecule has 1 rings (SSSR count). The number of hydrogen-bond donors (Lipinski definition) is 1. The zero-order valence-electron chi connectivity index (χ0n) is 11.3. The van der Waals surface area contributed by atoms with Crippen molar-refractivity contribution >= 4 is 10.0 Å². The van der Waals surface area contributed by atoms with Gasteiger partial charge in [-0.3, -0.25) is 0 Å². The van der Waals surface area contributed by atoms with E-state index in [0.717, 1.165) is 0 Å². The van der Waals surface area contributed by atoms with Crippen LogP contribution in [0.3, 0.4) is 0 Å². The summed E-state index contributed by atoms with van der Waals surface area (Å²) < 4.78 is 26.1. The molecule has 0 aliphatic rings. The van der Waals surface area contributed by atoms with Crippen LogP contribution in [0.4, 0.5) is 0 Å². The minimum atomic E-state index is -3.65. The van der Waals surface area contributed by atoms with Gasteiger partial charge in [-0.2, -0.15) is 9.57 Å². The van der Waals surface area contributed by atoms with Crippen LogP contribution < -0.4 is 0 Å². The Morgan fingerprint density at radius 1 is 1.42 bits per heavy atom. The Morgan fingerprint density at radius 3 is 2.47 bits per heavy atom. The SMILES string of the molecule is Cc1cc(S(=O)(=O)N(CCO)C(C)C)ccc1C#N. The number of hydrogen-bond acceptors (Lipinski definition) is 4. The second kappa shape index (κ2) is 6.15. The first-order valence-corrected chi connectivity index (χ1v) is 7.42. The molecule has 0 fully saturated rings. The second-order valence-electron chi connectivity index (χ2n) is 4.52. The van der Waals surface area contributed by atoms with Crippen molar-refractivity contribution in [3.8, 4) is 6.07 Å². The molecule has 0 radical (unpaired) electrons. The summed E-state index contributed by atoms with van der Waals surface area (Å²) in [4.78, 5) is 0.145. The first kappa shape index (κ1) is 15.6. The molecule has 0 saturated carbocycles. The van der Waals surface area contributed by atoms with Crippen LogP contribution in [0, 0.1) is 18.3 Å². The maximum atomic E-state index is 12.4. The van der Waals surface area contributed by atoms with Crippen molar-refractivity contribution in [3.05, 3.63) is 29.3 Å². The highest BCUT2D eigenvalue weighted by Crippen LogP contribution is 2.20. The fourth-order valence-electron chi connectivity index (χ4n) is 1.81. The van der Waals surface area contributed by atoms with Gasteiger partial charge in [0.2, 0.25) is 10.0 Å². The van der Waals surface area contributed by atoms with E-state index >= 15 is 0 Å². The van der Waals surface area contributed by atoms with E-state index in [4.69, 9.17) is 10.4 Å². The first-order chi connectivity index (χ1) is 8.84. The van der Waals surface area contributed by atoms with Crippen LogP contribution in [-0.4, -0.2) is 37.0 Å². The summed E-state index contributed by atoms with van der Waals surface area (Å²) in [5.74, 6) is 0. The Kier molecular flexibility index (Phi) is 5.06. The monoisotopic (exact) mass is 282 g/mol. The molecule has 0 amide bonds. The Hall–Kier alpha value is -1.42. The summed E-state index contributed by atoms with van der Waals surface area (Å²) in [6.07, 6.45) is 0. The quantitative estimate of drug-likeness (QED) is 0.881. The van der Waals surface area contributed by atoms with Gasteiger partial charge in [0.05, 0.1) is 23.1 Å². The number of nitriles is 1. The van der Waals surface area contributed by atoms with Crippen molar-refractivity contribution in [2.45, 2.75) is 31.7 Å². The van der Waals surface area contributed by atoms with Crippen molar-refractivity contribution in [1.29, 1.82) is 5.26 Å². The van der Waals surface area contributed by atoms with Crippen LogP contribution in [0.1, 0.15) is 25.0 Å². The highest BCUT2D eigenvalue weighted by Gasteiger charge is 2.26. The summed E-state index contributed by atoms with van der Waals surface area (Å²) in [6.45, 7) is 5.03. The van der Waals surface area contributed by atoms with Crippen molar-refractivity contribution in [3.63, 3.8) is 0 Å². The van der Waals surface area contributed by atoms with Crippen molar-refractivity contribution in [2.24, 2.45) is 0 Å². The smallest absolute Gasteiger partial charge is 0.243 e. The molecule has 5 nitrogen and oxygen atoms in total. The predicted molar refractivity (Wildman–Crippen MR) is 72.0 cm³/mol. The maximum absolute atomic E-state index is 12.4. The zero-order valence-corrected chi connectivity index (χ0v) is 12.1. The van der Waals surface area contributed by atoms with Crippen LogP contribution in [-0.2, 0) is 10.0 Å². The predicted octanol–water partition coefficient (Wildman–Crippen LogP) is 1.26. The van der Waals surface area contributed by atoms with Crippen LogP contribution in [0.25, 0.3) is 0 Å². The Bertz CT molecular complexity index is 588. The van der Waals surface area contributed by atoms with Gasteiger partial charge in [0.15, 0.2) is 0 Å². The van der Waals surface area contributed by atoms with E-state index in [2.05, 4.69) is 0 Å². The minimum absolute atomic E-state index is 0.0546. The molecule has 0 unspecified atom stereocenters. The average molecular weight is 282 g/mol. The first-order valence-electron chi connectivity index (χ1n) is 5.98. The van der Waals surface area contributed by atoms with Gasteiger partial charge in [0, 0.05) is 12.6 Å². The van der Waals surface area contributed by atoms with Gasteiger partial charge >= 0.3 is 0 Å². The number of aliphatic hydroxyl groups excluding tert-OH is 1. The molecule has 104 valence electrons. The lowest BCUT2D eigenvalue weighted by Crippen LogP contribution is -2.38. The number of sulfonamides is 1. The maximum Gasteiger partial charge on any atom is 0.243 e. The molecule has 0 saturated heterocycles. The van der Waals surface area contributed by atoms with E-state index < -0.39 is 10.0 Å². The third kappa shape index (κ3) is 3.32. The molecule has 0 aromatic heterocycles. The third-order valence-corrected chi connectivity index (χ3v) is 4.89. The van der Waals surface area contributed by atoms with Crippen molar-refractivity contribution < 1.29 is 13.5 Å². The number of nitrogens with zero attached hydrogens (tertiary/aromatic N) is 2. The lowest BCUT2D eigenvalue weighted by Gasteiger charge is -2.25. The lowest BCUT2D eigenvalue weighted by atomic mass is 10.1. The topological polar surface area (TPSA) is 81.4 Å². The fraction of sp³-hybridized carbons (Fsp3) is 0.462. The Morgan fingerprint density at radius 2 is 2.05 bits per heavy atom. The van der Waals surface area contributed by atoms with Gasteiger partial charge in [0.25, 0.3) is 0 Å². The summed E-state index contributed by atoms with van der Waals surface area (Å²) in [7, 11) is -3.65. The number of aryl methyl sites for hydroxylation is 1. The summed E-state index contributed by atoms with van der Waals surface area (Å²) >= 11 is 0. The van der Waals surface area contributed by atoms with Crippen LogP contribution >= 0.6 is 0 Å². The van der Waals surface area contributed by atoms with Crippen LogP contribution in [0.15, 0.2) is 23.1 Å². The molecular formula is C13H18N2O3S. The van der Waals surface area contributed by atoms with Crippen molar-refractivity contribution in [2.75, 3.05) is 13.2 Å². The molecule has 0 aliphatic heterocycles. The van der Waals surface area contributed by atoms with Gasteiger partial charge in [-0.15, -0.1) is 0 Å². The van der Waals surface area contributed by atoms with Gasteiger partial charge in [-0.1, -0.05) is 0 Å². The fourth-order valence-corrected chi connectivity index (χ4v) is 3.53. The molecule has 19 heavy (non-hydrogen) atoms. The molecule has 1 N–H and O–H groups in total. The molecular weight excluding hydrogens is 264 g/mol. The average Bonchev–Trinajstić information content (AvgIpc) is 2.35. The molecule has 0 spiro atoms. The van der Waals surface area contributed by atoms with Gasteiger partial charge in [0.1, 0.15) is 0 Å². The van der Waals surface area contributed by atoms with E-state index in [1.807, 2.05) is 6.07 Å². The van der Waals surface area contributed by atoms with Crippen molar-refractivity contribution in [1.82, 2.24) is 4.31 Å². The van der Waals surface area contributed by atoms with E-state index in [-0.39, 0.29) is 24.1 Å². The lowest BCUT2D eigenvalue weighted by molar-refractivity contribution is 0.236. The summed E-state index contributed by atoms with van der Waals surface area (Å²) in [5, 5.41) is 17.8. The molecule has 1 aromatic rings. The molecule has 0 heterocycles.